The number of amides is 1. The Labute approximate surface area is 124 Å². The molecule has 0 spiro atoms. The molecule has 2 N–H and O–H groups in total. The molecule has 6 nitrogen and oxygen atoms in total. The zero-order chi connectivity index (χ0) is 14.1. The third kappa shape index (κ3) is 2.51. The number of nitrogens with zero attached hydrogens (tertiary/aromatic N) is 2. The Morgan fingerprint density at radius 1 is 1.55 bits per heavy atom. The van der Waals surface area contributed by atoms with Gasteiger partial charge < -0.3 is 14.6 Å². The smallest absolute Gasteiger partial charge is 0.274 e. The van der Waals surface area contributed by atoms with E-state index in [-0.39, 0.29) is 5.91 Å². The molecule has 0 radical (unpaired) electrons. The predicted octanol–water partition coefficient (Wildman–Crippen LogP) is 1.68. The Morgan fingerprint density at radius 2 is 2.40 bits per heavy atom. The zero-order valence-corrected chi connectivity index (χ0v) is 12.7. The summed E-state index contributed by atoms with van der Waals surface area (Å²) in [6.07, 6.45) is 0.879. The molecule has 3 rings (SSSR count). The van der Waals surface area contributed by atoms with Gasteiger partial charge in [0.1, 0.15) is 5.76 Å². The summed E-state index contributed by atoms with van der Waals surface area (Å²) < 4.78 is 6.08. The molecular weight excluding hydrogens is 324 g/mol. The fourth-order valence-corrected chi connectivity index (χ4v) is 2.67. The topological polar surface area (TPSA) is 74.2 Å². The van der Waals surface area contributed by atoms with Gasteiger partial charge in [-0.2, -0.15) is 5.10 Å². The molecule has 0 fully saturated rings. The van der Waals surface area contributed by atoms with E-state index in [1.807, 2.05) is 12.1 Å². The average molecular weight is 339 g/mol. The van der Waals surface area contributed by atoms with E-state index in [4.69, 9.17) is 4.42 Å². The lowest BCUT2D eigenvalue weighted by molar-refractivity contribution is 0.0768. The second-order valence-corrected chi connectivity index (χ2v) is 5.60. The maximum atomic E-state index is 12.5. The van der Waals surface area contributed by atoms with Gasteiger partial charge in [-0.25, -0.2) is 0 Å². The third-order valence-electron chi connectivity index (χ3n) is 3.38. The molecule has 1 amide bonds. The van der Waals surface area contributed by atoms with Crippen LogP contribution in [0.4, 0.5) is 0 Å². The number of aromatic amines is 1. The summed E-state index contributed by atoms with van der Waals surface area (Å²) in [6, 6.07) is 3.66. The Hall–Kier alpha value is -1.60. The van der Waals surface area contributed by atoms with E-state index in [2.05, 4.69) is 31.4 Å². The molecule has 0 atom stereocenters. The largest absolute Gasteiger partial charge is 0.452 e. The zero-order valence-electron chi connectivity index (χ0n) is 11.1. The van der Waals surface area contributed by atoms with Crippen molar-refractivity contribution in [3.05, 3.63) is 39.5 Å². The fraction of sp³-hybridized carbons (Fsp3) is 0.385. The number of fused-ring (bicyclic) bond motifs is 1. The Morgan fingerprint density at radius 3 is 3.15 bits per heavy atom. The van der Waals surface area contributed by atoms with Gasteiger partial charge in [0, 0.05) is 37.8 Å². The minimum atomic E-state index is -0.0984. The fourth-order valence-electron chi connectivity index (χ4n) is 2.33. The molecule has 7 heteroatoms. The van der Waals surface area contributed by atoms with Crippen LogP contribution in [0.2, 0.25) is 0 Å². The van der Waals surface area contributed by atoms with Crippen LogP contribution < -0.4 is 5.32 Å². The van der Waals surface area contributed by atoms with Crippen molar-refractivity contribution >= 4 is 21.8 Å². The molecule has 1 aliphatic rings. The summed E-state index contributed by atoms with van der Waals surface area (Å²) >= 11 is 3.25. The molecule has 0 aliphatic carbocycles. The van der Waals surface area contributed by atoms with Gasteiger partial charge in [0.15, 0.2) is 10.4 Å². The van der Waals surface area contributed by atoms with Gasteiger partial charge in [-0.15, -0.1) is 0 Å². The quantitative estimate of drug-likeness (QED) is 0.892. The van der Waals surface area contributed by atoms with Gasteiger partial charge in [-0.1, -0.05) is 0 Å². The molecule has 20 heavy (non-hydrogen) atoms. The molecule has 0 saturated carbocycles. The summed E-state index contributed by atoms with van der Waals surface area (Å²) in [5.41, 5.74) is 2.54. The average Bonchev–Trinajstić information content (AvgIpc) is 3.04. The minimum Gasteiger partial charge on any atom is -0.452 e. The first-order chi connectivity index (χ1) is 9.65. The van der Waals surface area contributed by atoms with Gasteiger partial charge in [-0.3, -0.25) is 9.89 Å². The highest BCUT2D eigenvalue weighted by Gasteiger charge is 2.24. The first-order valence-corrected chi connectivity index (χ1v) is 7.21. The number of aromatic nitrogens is 2. The maximum absolute atomic E-state index is 12.5. The van der Waals surface area contributed by atoms with Gasteiger partial charge >= 0.3 is 0 Å². The lowest BCUT2D eigenvalue weighted by Gasteiger charge is -2.17. The van der Waals surface area contributed by atoms with Crippen molar-refractivity contribution in [2.45, 2.75) is 19.5 Å². The number of H-pyrrole nitrogens is 1. The standard InChI is InChI=1S/C13H15BrN4O2/c1-18(7-8-2-3-11(14)20-8)13(19)12-9-6-15-5-4-10(9)16-17-12/h2-3,15H,4-7H2,1H3,(H,16,17). The van der Waals surface area contributed by atoms with Crippen LogP contribution in [-0.2, 0) is 19.5 Å². The molecule has 0 aromatic carbocycles. The van der Waals surface area contributed by atoms with E-state index in [9.17, 15) is 4.79 Å². The Kier molecular flexibility index (Phi) is 3.62. The van der Waals surface area contributed by atoms with E-state index in [1.54, 1.807) is 11.9 Å². The number of carbonyl (C=O) groups is 1. The van der Waals surface area contributed by atoms with Crippen LogP contribution in [0.3, 0.4) is 0 Å². The monoisotopic (exact) mass is 338 g/mol. The highest BCUT2D eigenvalue weighted by molar-refractivity contribution is 9.10. The second kappa shape index (κ2) is 5.41. The third-order valence-corrected chi connectivity index (χ3v) is 3.80. The van der Waals surface area contributed by atoms with Crippen molar-refractivity contribution in [2.24, 2.45) is 0 Å². The highest BCUT2D eigenvalue weighted by atomic mass is 79.9. The summed E-state index contributed by atoms with van der Waals surface area (Å²) in [5.74, 6) is 0.633. The van der Waals surface area contributed by atoms with E-state index in [1.165, 1.54) is 0 Å². The number of nitrogens with one attached hydrogen (secondary N) is 2. The number of hydrogen-bond acceptors (Lipinski definition) is 4. The number of furan rings is 1. The van der Waals surface area contributed by atoms with Crippen molar-refractivity contribution in [3.8, 4) is 0 Å². The number of halogens is 1. The number of rotatable bonds is 3. The Balaban J connectivity index is 1.76. The molecule has 3 heterocycles. The van der Waals surface area contributed by atoms with Crippen LogP contribution in [0, 0.1) is 0 Å². The normalized spacial score (nSPS) is 14.1. The second-order valence-electron chi connectivity index (χ2n) is 4.82. The molecule has 0 saturated heterocycles. The van der Waals surface area contributed by atoms with Gasteiger partial charge in [0.2, 0.25) is 0 Å². The van der Waals surface area contributed by atoms with Crippen molar-refractivity contribution in [1.29, 1.82) is 0 Å². The van der Waals surface area contributed by atoms with Gasteiger partial charge in [0.05, 0.1) is 6.54 Å². The van der Waals surface area contributed by atoms with Crippen molar-refractivity contribution < 1.29 is 9.21 Å². The first-order valence-electron chi connectivity index (χ1n) is 6.41. The molecule has 2 aromatic heterocycles. The molecule has 2 aromatic rings. The molecule has 0 unspecified atom stereocenters. The minimum absolute atomic E-state index is 0.0984. The van der Waals surface area contributed by atoms with Crippen molar-refractivity contribution in [3.63, 3.8) is 0 Å². The van der Waals surface area contributed by atoms with Crippen molar-refractivity contribution in [2.75, 3.05) is 13.6 Å². The lowest BCUT2D eigenvalue weighted by Crippen LogP contribution is -2.29. The summed E-state index contributed by atoms with van der Waals surface area (Å²) in [5, 5.41) is 10.4. The van der Waals surface area contributed by atoms with Crippen LogP contribution in [-0.4, -0.2) is 34.6 Å². The predicted molar refractivity (Wildman–Crippen MR) is 76.2 cm³/mol. The lowest BCUT2D eigenvalue weighted by atomic mass is 10.1. The van der Waals surface area contributed by atoms with Crippen LogP contribution in [0.5, 0.6) is 0 Å². The highest BCUT2D eigenvalue weighted by Crippen LogP contribution is 2.19. The van der Waals surface area contributed by atoms with Crippen LogP contribution in [0.15, 0.2) is 21.2 Å². The van der Waals surface area contributed by atoms with Crippen molar-refractivity contribution in [1.82, 2.24) is 20.4 Å². The van der Waals surface area contributed by atoms with Gasteiger partial charge in [0.25, 0.3) is 5.91 Å². The maximum Gasteiger partial charge on any atom is 0.274 e. The van der Waals surface area contributed by atoms with E-state index in [0.717, 1.165) is 30.0 Å². The summed E-state index contributed by atoms with van der Waals surface area (Å²) in [7, 11) is 1.75. The van der Waals surface area contributed by atoms with Crippen LogP contribution >= 0.6 is 15.9 Å². The van der Waals surface area contributed by atoms with Crippen LogP contribution in [0.25, 0.3) is 0 Å². The van der Waals surface area contributed by atoms with Crippen LogP contribution in [0.1, 0.15) is 27.5 Å². The van der Waals surface area contributed by atoms with E-state index in [0.29, 0.717) is 23.5 Å². The first kappa shape index (κ1) is 13.4. The Bertz CT molecular complexity index is 634. The van der Waals surface area contributed by atoms with E-state index < -0.39 is 0 Å². The number of hydrogen-bond donors (Lipinski definition) is 2. The summed E-state index contributed by atoms with van der Waals surface area (Å²) in [4.78, 5) is 14.1. The molecule has 106 valence electrons. The summed E-state index contributed by atoms with van der Waals surface area (Å²) in [6.45, 7) is 2.02. The molecule has 0 bridgehead atoms. The molecule has 1 aliphatic heterocycles. The van der Waals surface area contributed by atoms with E-state index >= 15 is 0 Å². The SMILES string of the molecule is CN(Cc1ccc(Br)o1)C(=O)c1n[nH]c2c1CNCC2. The molecular formula is C13H15BrN4O2. The van der Waals surface area contributed by atoms with Gasteiger partial charge in [-0.05, 0) is 28.1 Å². The number of carbonyl (C=O) groups excluding carboxylic acids is 1.